The lowest BCUT2D eigenvalue weighted by molar-refractivity contribution is -0.131. The summed E-state index contributed by atoms with van der Waals surface area (Å²) in [7, 11) is 0. The summed E-state index contributed by atoms with van der Waals surface area (Å²) in [6.45, 7) is 11.1. The van der Waals surface area contributed by atoms with Crippen LogP contribution in [0.1, 0.15) is 41.0 Å². The van der Waals surface area contributed by atoms with E-state index in [2.05, 4.69) is 21.7 Å². The Morgan fingerprint density at radius 1 is 1.15 bits per heavy atom. The largest absolute Gasteiger partial charge is 0.337 e. The molecule has 0 saturated heterocycles. The molecule has 0 saturated carbocycles. The molecule has 0 atom stereocenters. The molecule has 0 spiro atoms. The van der Waals surface area contributed by atoms with Gasteiger partial charge in [-0.15, -0.1) is 10.2 Å². The van der Waals surface area contributed by atoms with Crippen molar-refractivity contribution in [3.05, 3.63) is 29.3 Å². The zero-order chi connectivity index (χ0) is 19.3. The van der Waals surface area contributed by atoms with E-state index in [1.54, 1.807) is 0 Å². The monoisotopic (exact) mass is 394 g/mol. The molecule has 1 aromatic heterocycles. The number of aromatic nitrogens is 3. The maximum Gasteiger partial charge on any atom is 0.233 e. The van der Waals surface area contributed by atoms with Gasteiger partial charge in [-0.2, -0.15) is 0 Å². The topological polar surface area (TPSA) is 51.0 Å². The number of rotatable bonds is 8. The van der Waals surface area contributed by atoms with Crippen LogP contribution >= 0.6 is 23.4 Å². The zero-order valence-corrected chi connectivity index (χ0v) is 17.6. The first-order valence-corrected chi connectivity index (χ1v) is 10.3. The van der Waals surface area contributed by atoms with E-state index in [-0.39, 0.29) is 18.0 Å². The number of hydrogen-bond acceptors (Lipinski definition) is 4. The first-order chi connectivity index (χ1) is 12.3. The van der Waals surface area contributed by atoms with Gasteiger partial charge in [-0.25, -0.2) is 0 Å². The van der Waals surface area contributed by atoms with Crippen LogP contribution in [0.15, 0.2) is 29.4 Å². The van der Waals surface area contributed by atoms with Gasteiger partial charge in [-0.05, 0) is 58.4 Å². The Hall–Kier alpha value is -1.53. The van der Waals surface area contributed by atoms with E-state index in [1.165, 1.54) is 11.8 Å². The Kier molecular flexibility index (Phi) is 7.53. The fourth-order valence-corrected chi connectivity index (χ4v) is 3.97. The summed E-state index contributed by atoms with van der Waals surface area (Å²) in [6, 6.07) is 7.94. The lowest BCUT2D eigenvalue weighted by Gasteiger charge is -2.30. The van der Waals surface area contributed by atoms with Crippen molar-refractivity contribution in [3.8, 4) is 11.4 Å². The van der Waals surface area contributed by atoms with E-state index in [1.807, 2.05) is 56.9 Å². The Bertz CT molecular complexity index is 720. The summed E-state index contributed by atoms with van der Waals surface area (Å²) in [6.07, 6.45) is 0.963. The van der Waals surface area contributed by atoms with Crippen molar-refractivity contribution >= 4 is 29.3 Å². The van der Waals surface area contributed by atoms with Gasteiger partial charge in [0.2, 0.25) is 5.91 Å². The van der Waals surface area contributed by atoms with Crippen molar-refractivity contribution in [1.29, 1.82) is 0 Å². The van der Waals surface area contributed by atoms with Crippen LogP contribution in [0.2, 0.25) is 5.02 Å². The highest BCUT2D eigenvalue weighted by atomic mass is 35.5. The van der Waals surface area contributed by atoms with Gasteiger partial charge < -0.3 is 9.47 Å². The molecule has 142 valence electrons. The standard InChI is InChI=1S/C19H27ClN4OS/c1-6-11-23-18(15-7-9-16(20)10-8-15)21-22-19(23)26-12-17(25)24(13(2)3)14(4)5/h7-10,13-14H,6,11-12H2,1-5H3. The van der Waals surface area contributed by atoms with Crippen molar-refractivity contribution < 1.29 is 4.79 Å². The summed E-state index contributed by atoms with van der Waals surface area (Å²) in [5.74, 6) is 1.29. The normalized spacial score (nSPS) is 11.4. The third kappa shape index (κ3) is 5.01. The third-order valence-electron chi connectivity index (χ3n) is 3.99. The number of hydrogen-bond donors (Lipinski definition) is 0. The molecule has 0 N–H and O–H groups in total. The van der Waals surface area contributed by atoms with Crippen LogP contribution in [-0.2, 0) is 11.3 Å². The number of nitrogens with zero attached hydrogens (tertiary/aromatic N) is 4. The molecule has 7 heteroatoms. The molecule has 2 aromatic rings. The number of thioether (sulfide) groups is 1. The molecule has 0 unspecified atom stereocenters. The molecular weight excluding hydrogens is 368 g/mol. The van der Waals surface area contributed by atoms with Crippen LogP contribution in [-0.4, -0.2) is 43.4 Å². The van der Waals surface area contributed by atoms with Gasteiger partial charge >= 0.3 is 0 Å². The molecule has 1 amide bonds. The fraction of sp³-hybridized carbons (Fsp3) is 0.526. The van der Waals surface area contributed by atoms with Gasteiger partial charge in [0.25, 0.3) is 0 Å². The van der Waals surface area contributed by atoms with E-state index in [0.29, 0.717) is 10.8 Å². The molecule has 26 heavy (non-hydrogen) atoms. The summed E-state index contributed by atoms with van der Waals surface area (Å²) < 4.78 is 2.08. The van der Waals surface area contributed by atoms with Gasteiger partial charge in [-0.1, -0.05) is 30.3 Å². The summed E-state index contributed by atoms with van der Waals surface area (Å²) in [5.41, 5.74) is 0.972. The maximum absolute atomic E-state index is 12.6. The van der Waals surface area contributed by atoms with Crippen molar-refractivity contribution in [2.45, 2.75) is 64.8 Å². The van der Waals surface area contributed by atoms with Crippen LogP contribution < -0.4 is 0 Å². The van der Waals surface area contributed by atoms with E-state index in [4.69, 9.17) is 11.6 Å². The second-order valence-electron chi connectivity index (χ2n) is 6.74. The summed E-state index contributed by atoms with van der Waals surface area (Å²) in [4.78, 5) is 14.5. The Morgan fingerprint density at radius 2 is 1.77 bits per heavy atom. The summed E-state index contributed by atoms with van der Waals surface area (Å²) >= 11 is 7.43. The lowest BCUT2D eigenvalue weighted by atomic mass is 10.2. The average molecular weight is 395 g/mol. The number of carbonyl (C=O) groups excluding carboxylic acids is 1. The Balaban J connectivity index is 2.19. The van der Waals surface area contributed by atoms with E-state index in [9.17, 15) is 4.79 Å². The Labute approximate surface area is 165 Å². The van der Waals surface area contributed by atoms with Crippen LogP contribution in [0.25, 0.3) is 11.4 Å². The van der Waals surface area contributed by atoms with Gasteiger partial charge in [0.05, 0.1) is 5.75 Å². The van der Waals surface area contributed by atoms with Gasteiger partial charge in [0.15, 0.2) is 11.0 Å². The van der Waals surface area contributed by atoms with Crippen molar-refractivity contribution in [2.24, 2.45) is 0 Å². The van der Waals surface area contributed by atoms with Gasteiger partial charge in [0.1, 0.15) is 0 Å². The molecule has 0 radical (unpaired) electrons. The molecular formula is C19H27ClN4OS. The molecule has 1 heterocycles. The summed E-state index contributed by atoms with van der Waals surface area (Å²) in [5, 5.41) is 10.1. The predicted molar refractivity (Wildman–Crippen MR) is 109 cm³/mol. The second-order valence-corrected chi connectivity index (χ2v) is 8.12. The SMILES string of the molecule is CCCn1c(SCC(=O)N(C(C)C)C(C)C)nnc1-c1ccc(Cl)cc1. The van der Waals surface area contributed by atoms with Crippen LogP contribution in [0.4, 0.5) is 0 Å². The minimum Gasteiger partial charge on any atom is -0.337 e. The molecule has 0 aliphatic rings. The number of carbonyl (C=O) groups is 1. The Morgan fingerprint density at radius 3 is 2.31 bits per heavy atom. The van der Waals surface area contributed by atoms with Gasteiger partial charge in [-0.3, -0.25) is 4.79 Å². The highest BCUT2D eigenvalue weighted by molar-refractivity contribution is 7.99. The molecule has 0 fully saturated rings. The molecule has 5 nitrogen and oxygen atoms in total. The zero-order valence-electron chi connectivity index (χ0n) is 16.1. The second kappa shape index (κ2) is 9.42. The first kappa shape index (κ1) is 20.8. The van der Waals surface area contributed by atoms with E-state index < -0.39 is 0 Å². The minimum atomic E-state index is 0.124. The molecule has 0 aliphatic carbocycles. The highest BCUT2D eigenvalue weighted by Crippen LogP contribution is 2.26. The molecule has 0 bridgehead atoms. The van der Waals surface area contributed by atoms with Crippen LogP contribution in [0.3, 0.4) is 0 Å². The molecule has 1 aromatic carbocycles. The van der Waals surface area contributed by atoms with E-state index in [0.717, 1.165) is 29.5 Å². The smallest absolute Gasteiger partial charge is 0.233 e. The lowest BCUT2D eigenvalue weighted by Crippen LogP contribution is -2.43. The van der Waals surface area contributed by atoms with Crippen molar-refractivity contribution in [3.63, 3.8) is 0 Å². The maximum atomic E-state index is 12.6. The van der Waals surface area contributed by atoms with E-state index >= 15 is 0 Å². The number of halogens is 1. The number of amides is 1. The van der Waals surface area contributed by atoms with Crippen LogP contribution in [0, 0.1) is 0 Å². The van der Waals surface area contributed by atoms with Crippen molar-refractivity contribution in [2.75, 3.05) is 5.75 Å². The number of benzene rings is 1. The predicted octanol–water partition coefficient (Wildman–Crippen LogP) is 4.75. The fourth-order valence-electron chi connectivity index (χ4n) is 3.01. The average Bonchev–Trinajstić information content (AvgIpc) is 2.96. The van der Waals surface area contributed by atoms with Crippen LogP contribution in [0.5, 0.6) is 0 Å². The molecule has 0 aliphatic heterocycles. The minimum absolute atomic E-state index is 0.124. The third-order valence-corrected chi connectivity index (χ3v) is 5.20. The highest BCUT2D eigenvalue weighted by Gasteiger charge is 2.22. The van der Waals surface area contributed by atoms with Crippen molar-refractivity contribution in [1.82, 2.24) is 19.7 Å². The molecule has 2 rings (SSSR count). The first-order valence-electron chi connectivity index (χ1n) is 8.98. The van der Waals surface area contributed by atoms with Gasteiger partial charge in [0, 0.05) is 29.2 Å². The quantitative estimate of drug-likeness (QED) is 0.606.